The van der Waals surface area contributed by atoms with Crippen LogP contribution in [0.15, 0.2) is 97.3 Å². The van der Waals surface area contributed by atoms with E-state index in [2.05, 4.69) is 4.57 Å². The van der Waals surface area contributed by atoms with Crippen molar-refractivity contribution in [3.05, 3.63) is 113 Å². The molecule has 0 bridgehead atoms. The van der Waals surface area contributed by atoms with Gasteiger partial charge in [-0.2, -0.15) is 0 Å². The highest BCUT2D eigenvalue weighted by molar-refractivity contribution is 6.30. The summed E-state index contributed by atoms with van der Waals surface area (Å²) < 4.78 is 7.91. The van der Waals surface area contributed by atoms with E-state index in [1.54, 1.807) is 24.0 Å². The second kappa shape index (κ2) is 11.2. The number of nitrogens with zero attached hydrogens (tertiary/aromatic N) is 3. The fourth-order valence-corrected chi connectivity index (χ4v) is 5.27. The highest BCUT2D eigenvalue weighted by Gasteiger charge is 2.38. The van der Waals surface area contributed by atoms with E-state index in [1.807, 2.05) is 97.0 Å². The van der Waals surface area contributed by atoms with Crippen LogP contribution in [0.25, 0.3) is 0 Å². The van der Waals surface area contributed by atoms with E-state index in [1.165, 1.54) is 0 Å². The minimum atomic E-state index is -0.208. The Kier molecular flexibility index (Phi) is 7.52. The van der Waals surface area contributed by atoms with Gasteiger partial charge in [0.05, 0.1) is 12.6 Å². The van der Waals surface area contributed by atoms with Crippen LogP contribution in [0.1, 0.15) is 42.2 Å². The van der Waals surface area contributed by atoms with Gasteiger partial charge in [0.25, 0.3) is 5.91 Å². The second-order valence-corrected chi connectivity index (χ2v) is 9.93. The fraction of sp³-hybridized carbons (Fsp3) is 0.226. The molecule has 3 aromatic carbocycles. The zero-order valence-corrected chi connectivity index (χ0v) is 22.2. The molecule has 1 aliphatic rings. The van der Waals surface area contributed by atoms with E-state index in [9.17, 15) is 9.59 Å². The van der Waals surface area contributed by atoms with Crippen LogP contribution in [0.3, 0.4) is 0 Å². The minimum Gasteiger partial charge on any atom is -0.492 e. The lowest BCUT2D eigenvalue weighted by atomic mass is 9.89. The number of carbonyl (C=O) groups excluding carboxylic acids is 2. The van der Waals surface area contributed by atoms with Crippen LogP contribution in [-0.4, -0.2) is 29.0 Å². The number of carbonyl (C=O) groups is 2. The molecule has 5 rings (SSSR count). The lowest BCUT2D eigenvalue weighted by molar-refractivity contribution is -0.117. The number of aromatic nitrogens is 1. The van der Waals surface area contributed by atoms with Crippen molar-refractivity contribution in [2.75, 3.05) is 16.4 Å². The number of anilines is 2. The quantitative estimate of drug-likeness (QED) is 0.267. The molecule has 1 aliphatic heterocycles. The summed E-state index contributed by atoms with van der Waals surface area (Å²) in [5.41, 5.74) is 3.12. The maximum Gasteiger partial charge on any atom is 0.258 e. The van der Waals surface area contributed by atoms with Gasteiger partial charge in [0.15, 0.2) is 0 Å². The number of rotatable bonds is 7. The molecule has 194 valence electrons. The SMILES string of the molecule is CC(=O)N(c1ccc(Cl)cc1)[C@@H]1C[C@H](C)N(C(=O)c2ccc(OCCn3cccc3)cc2)c2ccccc21. The standard InChI is InChI=1S/C31H30ClN3O3/c1-22-21-30(35(23(2)36)26-13-11-25(32)12-14-26)28-7-3-4-8-29(28)34(22)31(37)24-9-15-27(16-10-24)38-20-19-33-17-5-6-18-33/h3-18,22,30H,19-21H2,1-2H3/t22-,30+/m0/s1. The number of para-hydroxylation sites is 1. The first-order chi connectivity index (χ1) is 18.4. The van der Waals surface area contributed by atoms with Crippen molar-refractivity contribution in [1.29, 1.82) is 0 Å². The van der Waals surface area contributed by atoms with Gasteiger partial charge in [-0.05, 0) is 85.6 Å². The zero-order valence-electron chi connectivity index (χ0n) is 21.5. The van der Waals surface area contributed by atoms with Crippen LogP contribution >= 0.6 is 11.6 Å². The van der Waals surface area contributed by atoms with Crippen LogP contribution in [0.5, 0.6) is 5.75 Å². The highest BCUT2D eigenvalue weighted by atomic mass is 35.5. The van der Waals surface area contributed by atoms with E-state index >= 15 is 0 Å². The molecular weight excluding hydrogens is 498 g/mol. The van der Waals surface area contributed by atoms with Crippen molar-refractivity contribution >= 4 is 34.8 Å². The zero-order chi connectivity index (χ0) is 26.6. The molecule has 2 atom stereocenters. The number of amides is 2. The Labute approximate surface area is 228 Å². The summed E-state index contributed by atoms with van der Waals surface area (Å²) in [4.78, 5) is 30.3. The number of halogens is 1. The van der Waals surface area contributed by atoms with Crippen LogP contribution in [0.2, 0.25) is 5.02 Å². The summed E-state index contributed by atoms with van der Waals surface area (Å²) in [6, 6.07) is 26.0. The van der Waals surface area contributed by atoms with Gasteiger partial charge < -0.3 is 19.1 Å². The predicted molar refractivity (Wildman–Crippen MR) is 151 cm³/mol. The molecule has 2 heterocycles. The fourth-order valence-electron chi connectivity index (χ4n) is 5.14. The van der Waals surface area contributed by atoms with Crippen LogP contribution in [0, 0.1) is 0 Å². The third-order valence-electron chi connectivity index (χ3n) is 6.92. The molecule has 0 radical (unpaired) electrons. The molecule has 0 saturated carbocycles. The molecular formula is C31H30ClN3O3. The van der Waals surface area contributed by atoms with Crippen molar-refractivity contribution in [3.8, 4) is 5.75 Å². The number of ether oxygens (including phenoxy) is 1. The number of hydrogen-bond acceptors (Lipinski definition) is 3. The van der Waals surface area contributed by atoms with Gasteiger partial charge in [-0.25, -0.2) is 0 Å². The topological polar surface area (TPSA) is 54.8 Å². The normalized spacial score (nSPS) is 16.6. The summed E-state index contributed by atoms with van der Waals surface area (Å²) in [7, 11) is 0. The van der Waals surface area contributed by atoms with Gasteiger partial charge in [0, 0.05) is 47.3 Å². The second-order valence-electron chi connectivity index (χ2n) is 9.49. The summed E-state index contributed by atoms with van der Waals surface area (Å²) in [5.74, 6) is 0.579. The molecule has 38 heavy (non-hydrogen) atoms. The van der Waals surface area contributed by atoms with Gasteiger partial charge in [0.1, 0.15) is 12.4 Å². The molecule has 4 aromatic rings. The summed E-state index contributed by atoms with van der Waals surface area (Å²) >= 11 is 6.10. The summed E-state index contributed by atoms with van der Waals surface area (Å²) in [5, 5.41) is 0.615. The summed E-state index contributed by atoms with van der Waals surface area (Å²) in [6.07, 6.45) is 4.60. The molecule has 0 unspecified atom stereocenters. The monoisotopic (exact) mass is 527 g/mol. The van der Waals surface area contributed by atoms with Crippen LogP contribution < -0.4 is 14.5 Å². The Balaban J connectivity index is 1.37. The third kappa shape index (κ3) is 5.31. The molecule has 0 saturated heterocycles. The average molecular weight is 528 g/mol. The molecule has 2 amide bonds. The Morgan fingerprint density at radius 2 is 1.63 bits per heavy atom. The molecule has 6 nitrogen and oxygen atoms in total. The molecule has 0 N–H and O–H groups in total. The van der Waals surface area contributed by atoms with Crippen LogP contribution in [-0.2, 0) is 11.3 Å². The lowest BCUT2D eigenvalue weighted by Gasteiger charge is -2.43. The minimum absolute atomic E-state index is 0.0635. The molecule has 7 heteroatoms. The summed E-state index contributed by atoms with van der Waals surface area (Å²) in [6.45, 7) is 4.89. The van der Waals surface area contributed by atoms with Crippen molar-refractivity contribution in [1.82, 2.24) is 4.57 Å². The first-order valence-corrected chi connectivity index (χ1v) is 13.1. The number of benzene rings is 3. The first-order valence-electron chi connectivity index (χ1n) is 12.7. The maximum atomic E-state index is 13.8. The Hall–Kier alpha value is -4.03. The number of hydrogen-bond donors (Lipinski definition) is 0. The third-order valence-corrected chi connectivity index (χ3v) is 7.17. The van der Waals surface area contributed by atoms with Gasteiger partial charge in [0.2, 0.25) is 5.91 Å². The average Bonchev–Trinajstić information content (AvgIpc) is 3.43. The molecule has 0 fully saturated rings. The molecule has 1 aromatic heterocycles. The van der Waals surface area contributed by atoms with E-state index in [0.717, 1.165) is 29.2 Å². The van der Waals surface area contributed by atoms with E-state index < -0.39 is 0 Å². The van der Waals surface area contributed by atoms with Gasteiger partial charge in [-0.3, -0.25) is 9.59 Å². The Morgan fingerprint density at radius 1 is 0.947 bits per heavy atom. The van der Waals surface area contributed by atoms with E-state index in [0.29, 0.717) is 23.6 Å². The highest BCUT2D eigenvalue weighted by Crippen LogP contribution is 2.43. The number of fused-ring (bicyclic) bond motifs is 1. The first kappa shape index (κ1) is 25.6. The molecule has 0 spiro atoms. The lowest BCUT2D eigenvalue weighted by Crippen LogP contribution is -2.47. The van der Waals surface area contributed by atoms with Crippen molar-refractivity contribution in [3.63, 3.8) is 0 Å². The Morgan fingerprint density at radius 3 is 2.32 bits per heavy atom. The maximum absolute atomic E-state index is 13.8. The van der Waals surface area contributed by atoms with Gasteiger partial charge in [-0.1, -0.05) is 29.8 Å². The smallest absolute Gasteiger partial charge is 0.258 e. The van der Waals surface area contributed by atoms with Crippen molar-refractivity contribution in [2.45, 2.75) is 38.9 Å². The van der Waals surface area contributed by atoms with Gasteiger partial charge in [-0.15, -0.1) is 0 Å². The molecule has 0 aliphatic carbocycles. The largest absolute Gasteiger partial charge is 0.492 e. The predicted octanol–water partition coefficient (Wildman–Crippen LogP) is 6.75. The van der Waals surface area contributed by atoms with E-state index in [-0.39, 0.29) is 23.9 Å². The van der Waals surface area contributed by atoms with E-state index in [4.69, 9.17) is 16.3 Å². The van der Waals surface area contributed by atoms with Gasteiger partial charge >= 0.3 is 0 Å². The van der Waals surface area contributed by atoms with Crippen LogP contribution in [0.4, 0.5) is 11.4 Å². The Bertz CT molecular complexity index is 1400. The van der Waals surface area contributed by atoms with Crippen molar-refractivity contribution in [2.24, 2.45) is 0 Å². The van der Waals surface area contributed by atoms with Crippen molar-refractivity contribution < 1.29 is 14.3 Å².